The number of nitrogens with one attached hydrogen (secondary N) is 1. The summed E-state index contributed by atoms with van der Waals surface area (Å²) in [5, 5.41) is 3.73. The number of hydrogen-bond acceptors (Lipinski definition) is 4. The quantitative estimate of drug-likeness (QED) is 0.841. The molecule has 3 fully saturated rings. The van der Waals surface area contributed by atoms with E-state index in [2.05, 4.69) is 24.0 Å². The molecule has 25 heavy (non-hydrogen) atoms. The Labute approximate surface area is 148 Å². The van der Waals surface area contributed by atoms with E-state index in [-0.39, 0.29) is 22.6 Å². The van der Waals surface area contributed by atoms with E-state index < -0.39 is 0 Å². The second-order valence-electron chi connectivity index (χ2n) is 7.88. The van der Waals surface area contributed by atoms with Gasteiger partial charge in [0.2, 0.25) is 0 Å². The number of amides is 1. The van der Waals surface area contributed by atoms with Gasteiger partial charge < -0.3 is 14.8 Å². The molecule has 4 atom stereocenters. The molecular weight excluding hydrogens is 316 g/mol. The van der Waals surface area contributed by atoms with Crippen molar-refractivity contribution in [3.63, 3.8) is 0 Å². The molecule has 1 unspecified atom stereocenters. The van der Waals surface area contributed by atoms with Crippen LogP contribution in [-0.4, -0.2) is 37.9 Å². The molecule has 1 aromatic carbocycles. The lowest BCUT2D eigenvalue weighted by Crippen LogP contribution is -2.54. The van der Waals surface area contributed by atoms with E-state index in [9.17, 15) is 4.79 Å². The van der Waals surface area contributed by atoms with Crippen molar-refractivity contribution in [2.75, 3.05) is 25.7 Å². The van der Waals surface area contributed by atoms with Crippen molar-refractivity contribution in [1.29, 1.82) is 0 Å². The lowest BCUT2D eigenvalue weighted by molar-refractivity contribution is 0.167. The number of benzene rings is 1. The number of nitrogens with zero attached hydrogens (tertiary/aromatic N) is 1. The highest BCUT2D eigenvalue weighted by atomic mass is 16.5. The Hall–Kier alpha value is -2.01. The molecule has 2 aliphatic heterocycles. The number of methoxy groups -OCH3 is 2. The number of anilines is 1. The molecule has 2 spiro atoms. The van der Waals surface area contributed by atoms with Crippen LogP contribution in [0.2, 0.25) is 0 Å². The van der Waals surface area contributed by atoms with Gasteiger partial charge in [0.25, 0.3) is 0 Å². The van der Waals surface area contributed by atoms with Crippen LogP contribution in [0.5, 0.6) is 5.75 Å². The van der Waals surface area contributed by atoms with Crippen LogP contribution in [0.15, 0.2) is 30.9 Å². The predicted octanol–water partition coefficient (Wildman–Crippen LogP) is 2.99. The number of rotatable bonds is 2. The molecule has 2 bridgehead atoms. The second-order valence-corrected chi connectivity index (χ2v) is 7.88. The van der Waals surface area contributed by atoms with Crippen molar-refractivity contribution in [2.24, 2.45) is 5.92 Å². The molecule has 2 saturated carbocycles. The highest BCUT2D eigenvalue weighted by molar-refractivity contribution is 5.97. The SMILES string of the molecule is C=CC12CC[C@@]34[C@@H](C1)[C@]3(CCN2)c1cc(OC)ccc1N4C(=O)OC. The van der Waals surface area contributed by atoms with Crippen LogP contribution in [0.4, 0.5) is 10.5 Å². The number of carbonyl (C=O) groups is 1. The Bertz CT molecular complexity index is 793. The Morgan fingerprint density at radius 3 is 2.92 bits per heavy atom. The third-order valence-electron chi connectivity index (χ3n) is 7.45. The van der Waals surface area contributed by atoms with Crippen LogP contribution in [-0.2, 0) is 10.2 Å². The van der Waals surface area contributed by atoms with Crippen molar-refractivity contribution in [2.45, 2.75) is 42.2 Å². The molecular formula is C20H24N2O3. The number of fused-ring (bicyclic) bond motifs is 2. The van der Waals surface area contributed by atoms with Gasteiger partial charge in [-0.15, -0.1) is 6.58 Å². The molecule has 1 saturated heterocycles. The average Bonchev–Trinajstić information content (AvgIpc) is 3.18. The van der Waals surface area contributed by atoms with Crippen molar-refractivity contribution in [3.05, 3.63) is 36.4 Å². The van der Waals surface area contributed by atoms with Gasteiger partial charge in [-0.1, -0.05) is 6.08 Å². The summed E-state index contributed by atoms with van der Waals surface area (Å²) >= 11 is 0. The Morgan fingerprint density at radius 2 is 2.20 bits per heavy atom. The zero-order valence-corrected chi connectivity index (χ0v) is 14.8. The molecule has 2 aliphatic carbocycles. The Morgan fingerprint density at radius 1 is 1.36 bits per heavy atom. The molecule has 5 heteroatoms. The van der Waals surface area contributed by atoms with Crippen LogP contribution in [0, 0.1) is 5.92 Å². The first-order valence-electron chi connectivity index (χ1n) is 9.04. The minimum atomic E-state index is -0.240. The van der Waals surface area contributed by atoms with Crippen LogP contribution < -0.4 is 15.0 Å². The summed E-state index contributed by atoms with van der Waals surface area (Å²) in [6, 6.07) is 6.10. The molecule has 0 radical (unpaired) electrons. The number of ether oxygens (including phenoxy) is 2. The first-order valence-corrected chi connectivity index (χ1v) is 9.04. The monoisotopic (exact) mass is 340 g/mol. The van der Waals surface area contributed by atoms with Crippen molar-refractivity contribution >= 4 is 11.8 Å². The van der Waals surface area contributed by atoms with Gasteiger partial charge in [-0.2, -0.15) is 0 Å². The van der Waals surface area contributed by atoms with Crippen molar-refractivity contribution < 1.29 is 14.3 Å². The van der Waals surface area contributed by atoms with E-state index in [0.717, 1.165) is 43.7 Å². The first kappa shape index (κ1) is 15.3. The largest absolute Gasteiger partial charge is 0.497 e. The fourth-order valence-corrected chi connectivity index (χ4v) is 6.39. The average molecular weight is 340 g/mol. The van der Waals surface area contributed by atoms with Gasteiger partial charge in [0.1, 0.15) is 5.75 Å². The van der Waals surface area contributed by atoms with Crippen LogP contribution in [0.1, 0.15) is 31.2 Å². The Kier molecular flexibility index (Phi) is 2.80. The van der Waals surface area contributed by atoms with Crippen LogP contribution in [0.3, 0.4) is 0 Å². The fourth-order valence-electron chi connectivity index (χ4n) is 6.39. The standard InChI is InChI=1S/C20H24N2O3/c1-4-18-7-8-20-16(12-18)19(20,9-10-21-18)14-11-13(24-2)5-6-15(14)22(20)17(23)25-3/h4-6,11,16,21H,1,7-10,12H2,2-3H3/t16-,18?,19-,20+/m0/s1. The summed E-state index contributed by atoms with van der Waals surface area (Å²) in [4.78, 5) is 14.7. The Balaban J connectivity index is 1.72. The van der Waals surface area contributed by atoms with Crippen LogP contribution >= 0.6 is 0 Å². The number of hydrogen-bond donors (Lipinski definition) is 1. The van der Waals surface area contributed by atoms with E-state index in [1.165, 1.54) is 12.7 Å². The summed E-state index contributed by atoms with van der Waals surface area (Å²) in [5.41, 5.74) is 2.13. The first-order chi connectivity index (χ1) is 12.1. The summed E-state index contributed by atoms with van der Waals surface area (Å²) in [6.45, 7) is 5.03. The number of carbonyl (C=O) groups excluding carboxylic acids is 1. The predicted molar refractivity (Wildman–Crippen MR) is 95.2 cm³/mol. The molecule has 5 nitrogen and oxygen atoms in total. The maximum atomic E-state index is 12.8. The van der Waals surface area contributed by atoms with Gasteiger partial charge in [0.05, 0.1) is 25.4 Å². The summed E-state index contributed by atoms with van der Waals surface area (Å²) in [6.07, 6.45) is 5.88. The highest BCUT2D eigenvalue weighted by Gasteiger charge is 2.86. The van der Waals surface area contributed by atoms with Gasteiger partial charge in [-0.3, -0.25) is 4.90 Å². The highest BCUT2D eigenvalue weighted by Crippen LogP contribution is 2.80. The molecule has 1 aromatic rings. The van der Waals surface area contributed by atoms with E-state index in [0.29, 0.717) is 5.92 Å². The summed E-state index contributed by atoms with van der Waals surface area (Å²) < 4.78 is 10.7. The van der Waals surface area contributed by atoms with E-state index in [1.807, 2.05) is 17.0 Å². The summed E-state index contributed by atoms with van der Waals surface area (Å²) in [7, 11) is 3.17. The maximum absolute atomic E-state index is 12.8. The van der Waals surface area contributed by atoms with Crippen LogP contribution in [0.25, 0.3) is 0 Å². The smallest absolute Gasteiger partial charge is 0.414 e. The lowest BCUT2D eigenvalue weighted by atomic mass is 9.78. The van der Waals surface area contributed by atoms with Gasteiger partial charge in [0, 0.05) is 11.0 Å². The normalized spacial score (nSPS) is 39.8. The molecule has 5 rings (SSSR count). The van der Waals surface area contributed by atoms with Gasteiger partial charge in [-0.05, 0) is 61.9 Å². The second kappa shape index (κ2) is 4.58. The molecule has 0 aromatic heterocycles. The molecule has 4 aliphatic rings. The molecule has 1 N–H and O–H groups in total. The van der Waals surface area contributed by atoms with Crippen molar-refractivity contribution in [1.82, 2.24) is 5.32 Å². The molecule has 1 amide bonds. The maximum Gasteiger partial charge on any atom is 0.414 e. The van der Waals surface area contributed by atoms with Gasteiger partial charge in [-0.25, -0.2) is 4.79 Å². The molecule has 2 heterocycles. The third kappa shape index (κ3) is 1.48. The van der Waals surface area contributed by atoms with Crippen molar-refractivity contribution in [3.8, 4) is 5.75 Å². The molecule has 132 valence electrons. The fraction of sp³-hybridized carbons (Fsp3) is 0.550. The lowest BCUT2D eigenvalue weighted by Gasteiger charge is -2.42. The van der Waals surface area contributed by atoms with Gasteiger partial charge in [0.15, 0.2) is 0 Å². The van der Waals surface area contributed by atoms with Gasteiger partial charge >= 0.3 is 6.09 Å². The zero-order chi connectivity index (χ0) is 17.4. The zero-order valence-electron chi connectivity index (χ0n) is 14.8. The summed E-state index contributed by atoms with van der Waals surface area (Å²) in [5.74, 6) is 1.30. The topological polar surface area (TPSA) is 50.8 Å². The minimum absolute atomic E-state index is 0.00454. The minimum Gasteiger partial charge on any atom is -0.497 e. The van der Waals surface area contributed by atoms with E-state index in [1.54, 1.807) is 7.11 Å². The van der Waals surface area contributed by atoms with E-state index >= 15 is 0 Å². The van der Waals surface area contributed by atoms with E-state index in [4.69, 9.17) is 9.47 Å². The third-order valence-corrected chi connectivity index (χ3v) is 7.45.